The SMILES string of the molecule is Cc1nnc(NC(=O)CC(C)c2ccc(N)cc2)o1. The molecule has 0 aliphatic carbocycles. The molecule has 2 aromatic rings. The van der Waals surface area contributed by atoms with Gasteiger partial charge >= 0.3 is 6.01 Å². The predicted octanol–water partition coefficient (Wildman–Crippen LogP) is 2.09. The van der Waals surface area contributed by atoms with Crippen LogP contribution in [0.4, 0.5) is 11.7 Å². The molecule has 0 fully saturated rings. The number of nitrogens with one attached hydrogen (secondary N) is 1. The standard InChI is InChI=1S/C13H16N4O2/c1-8(10-3-5-11(14)6-4-10)7-12(18)15-13-17-16-9(2)19-13/h3-6,8H,7,14H2,1-2H3,(H,15,17,18). The lowest BCUT2D eigenvalue weighted by Crippen LogP contribution is -2.14. The molecule has 1 amide bonds. The van der Waals surface area contributed by atoms with E-state index in [2.05, 4.69) is 15.5 Å². The van der Waals surface area contributed by atoms with Crippen molar-refractivity contribution >= 4 is 17.6 Å². The zero-order chi connectivity index (χ0) is 13.8. The second kappa shape index (κ2) is 5.51. The van der Waals surface area contributed by atoms with E-state index in [0.29, 0.717) is 18.0 Å². The minimum absolute atomic E-state index is 0.0876. The highest BCUT2D eigenvalue weighted by molar-refractivity contribution is 5.89. The first-order valence-electron chi connectivity index (χ1n) is 6.00. The number of rotatable bonds is 4. The molecule has 1 aromatic heterocycles. The van der Waals surface area contributed by atoms with Crippen LogP contribution >= 0.6 is 0 Å². The molecule has 19 heavy (non-hydrogen) atoms. The molecular formula is C13H16N4O2. The molecular weight excluding hydrogens is 244 g/mol. The van der Waals surface area contributed by atoms with Gasteiger partial charge in [-0.05, 0) is 23.6 Å². The summed E-state index contributed by atoms with van der Waals surface area (Å²) in [5.74, 6) is 0.347. The fourth-order valence-corrected chi connectivity index (χ4v) is 1.74. The number of hydrogen-bond acceptors (Lipinski definition) is 5. The fourth-order valence-electron chi connectivity index (χ4n) is 1.74. The van der Waals surface area contributed by atoms with Gasteiger partial charge in [0.1, 0.15) is 0 Å². The van der Waals surface area contributed by atoms with Gasteiger partial charge in [0.2, 0.25) is 11.8 Å². The number of carbonyl (C=O) groups is 1. The molecule has 1 aromatic carbocycles. The number of nitrogen functional groups attached to an aromatic ring is 1. The molecule has 2 rings (SSSR count). The molecule has 6 nitrogen and oxygen atoms in total. The van der Waals surface area contributed by atoms with E-state index in [1.54, 1.807) is 6.92 Å². The summed E-state index contributed by atoms with van der Waals surface area (Å²) in [7, 11) is 0. The van der Waals surface area contributed by atoms with Crippen LogP contribution in [0.3, 0.4) is 0 Å². The lowest BCUT2D eigenvalue weighted by atomic mass is 9.97. The number of aryl methyl sites for hydroxylation is 1. The maximum atomic E-state index is 11.8. The topological polar surface area (TPSA) is 94.0 Å². The van der Waals surface area contributed by atoms with Crippen LogP contribution in [-0.4, -0.2) is 16.1 Å². The summed E-state index contributed by atoms with van der Waals surface area (Å²) >= 11 is 0. The van der Waals surface area contributed by atoms with E-state index >= 15 is 0 Å². The molecule has 0 saturated carbocycles. The van der Waals surface area contributed by atoms with Crippen molar-refractivity contribution in [1.29, 1.82) is 0 Å². The smallest absolute Gasteiger partial charge is 0.322 e. The first-order chi connectivity index (χ1) is 9.04. The Bertz CT molecular complexity index is 562. The van der Waals surface area contributed by atoms with Crippen LogP contribution < -0.4 is 11.1 Å². The maximum absolute atomic E-state index is 11.8. The van der Waals surface area contributed by atoms with Gasteiger partial charge in [-0.15, -0.1) is 5.10 Å². The van der Waals surface area contributed by atoms with Crippen LogP contribution in [0.2, 0.25) is 0 Å². The van der Waals surface area contributed by atoms with Gasteiger partial charge in [0.05, 0.1) is 0 Å². The van der Waals surface area contributed by atoms with Crippen molar-refractivity contribution in [3.05, 3.63) is 35.7 Å². The molecule has 100 valence electrons. The summed E-state index contributed by atoms with van der Waals surface area (Å²) in [5, 5.41) is 9.92. The van der Waals surface area contributed by atoms with Crippen molar-refractivity contribution in [2.24, 2.45) is 0 Å². The first kappa shape index (κ1) is 13.1. The quantitative estimate of drug-likeness (QED) is 0.821. The van der Waals surface area contributed by atoms with Gasteiger partial charge in [0.15, 0.2) is 0 Å². The predicted molar refractivity (Wildman–Crippen MR) is 71.6 cm³/mol. The van der Waals surface area contributed by atoms with Gasteiger partial charge in [-0.2, -0.15) is 0 Å². The number of anilines is 2. The zero-order valence-corrected chi connectivity index (χ0v) is 10.9. The molecule has 6 heteroatoms. The summed E-state index contributed by atoms with van der Waals surface area (Å²) in [6.45, 7) is 3.64. The monoisotopic (exact) mass is 260 g/mol. The molecule has 1 heterocycles. The Morgan fingerprint density at radius 1 is 1.37 bits per heavy atom. The maximum Gasteiger partial charge on any atom is 0.322 e. The van der Waals surface area contributed by atoms with E-state index < -0.39 is 0 Å². The molecule has 0 aliphatic heterocycles. The van der Waals surface area contributed by atoms with Gasteiger partial charge in [-0.3, -0.25) is 10.1 Å². The summed E-state index contributed by atoms with van der Waals surface area (Å²) in [6, 6.07) is 7.62. The number of benzene rings is 1. The Morgan fingerprint density at radius 2 is 2.05 bits per heavy atom. The van der Waals surface area contributed by atoms with Crippen molar-refractivity contribution in [3.63, 3.8) is 0 Å². The van der Waals surface area contributed by atoms with Crippen LogP contribution in [-0.2, 0) is 4.79 Å². The van der Waals surface area contributed by atoms with Crippen molar-refractivity contribution in [1.82, 2.24) is 10.2 Å². The van der Waals surface area contributed by atoms with Gasteiger partial charge in [0.25, 0.3) is 0 Å². The Labute approximate surface area is 111 Å². The Kier molecular flexibility index (Phi) is 3.79. The Balaban J connectivity index is 1.93. The van der Waals surface area contributed by atoms with E-state index in [4.69, 9.17) is 10.2 Å². The van der Waals surface area contributed by atoms with Gasteiger partial charge in [-0.25, -0.2) is 0 Å². The fraction of sp³-hybridized carbons (Fsp3) is 0.308. The average molecular weight is 260 g/mol. The molecule has 0 radical (unpaired) electrons. The largest absolute Gasteiger partial charge is 0.408 e. The van der Waals surface area contributed by atoms with E-state index in [9.17, 15) is 4.79 Å². The van der Waals surface area contributed by atoms with Crippen LogP contribution in [0.1, 0.15) is 30.7 Å². The number of aromatic nitrogens is 2. The van der Waals surface area contributed by atoms with Crippen molar-refractivity contribution in [3.8, 4) is 0 Å². The summed E-state index contributed by atoms with van der Waals surface area (Å²) in [6.07, 6.45) is 0.339. The van der Waals surface area contributed by atoms with Crippen LogP contribution in [0.15, 0.2) is 28.7 Å². The lowest BCUT2D eigenvalue weighted by Gasteiger charge is -2.11. The van der Waals surface area contributed by atoms with Crippen molar-refractivity contribution in [2.75, 3.05) is 11.1 Å². The number of carbonyl (C=O) groups excluding carboxylic acids is 1. The second-order valence-electron chi connectivity index (χ2n) is 4.45. The number of hydrogen-bond donors (Lipinski definition) is 2. The van der Waals surface area contributed by atoms with Crippen LogP contribution in [0.25, 0.3) is 0 Å². The van der Waals surface area contributed by atoms with Crippen LogP contribution in [0, 0.1) is 6.92 Å². The number of nitrogens with two attached hydrogens (primary N) is 1. The Morgan fingerprint density at radius 3 is 2.63 bits per heavy atom. The normalized spacial score (nSPS) is 12.1. The van der Waals surface area contributed by atoms with Crippen molar-refractivity contribution in [2.45, 2.75) is 26.2 Å². The van der Waals surface area contributed by atoms with Crippen LogP contribution in [0.5, 0.6) is 0 Å². The average Bonchev–Trinajstić information content (AvgIpc) is 2.75. The molecule has 0 spiro atoms. The van der Waals surface area contributed by atoms with E-state index in [1.165, 1.54) is 0 Å². The van der Waals surface area contributed by atoms with Gasteiger partial charge in [0, 0.05) is 19.0 Å². The lowest BCUT2D eigenvalue weighted by molar-refractivity contribution is -0.116. The third-order valence-electron chi connectivity index (χ3n) is 2.77. The zero-order valence-electron chi connectivity index (χ0n) is 10.9. The highest BCUT2D eigenvalue weighted by Gasteiger charge is 2.13. The summed E-state index contributed by atoms with van der Waals surface area (Å²) in [4.78, 5) is 11.8. The van der Waals surface area contributed by atoms with E-state index in [0.717, 1.165) is 5.56 Å². The van der Waals surface area contributed by atoms with Gasteiger partial charge < -0.3 is 10.2 Å². The Hall–Kier alpha value is -2.37. The third-order valence-corrected chi connectivity index (χ3v) is 2.77. The molecule has 0 bridgehead atoms. The third kappa shape index (κ3) is 3.54. The number of nitrogens with zero attached hydrogens (tertiary/aromatic N) is 2. The van der Waals surface area contributed by atoms with Crippen molar-refractivity contribution < 1.29 is 9.21 Å². The highest BCUT2D eigenvalue weighted by atomic mass is 16.4. The number of amides is 1. The van der Waals surface area contributed by atoms with E-state index in [-0.39, 0.29) is 17.8 Å². The molecule has 3 N–H and O–H groups in total. The minimum atomic E-state index is -0.159. The second-order valence-corrected chi connectivity index (χ2v) is 4.45. The summed E-state index contributed by atoms with van der Waals surface area (Å²) < 4.78 is 5.09. The molecule has 1 unspecified atom stereocenters. The summed E-state index contributed by atoms with van der Waals surface area (Å²) in [5.41, 5.74) is 7.40. The molecule has 1 atom stereocenters. The van der Waals surface area contributed by atoms with Gasteiger partial charge in [-0.1, -0.05) is 24.2 Å². The minimum Gasteiger partial charge on any atom is -0.408 e. The first-order valence-corrected chi connectivity index (χ1v) is 6.00. The molecule has 0 aliphatic rings. The highest BCUT2D eigenvalue weighted by Crippen LogP contribution is 2.20. The van der Waals surface area contributed by atoms with E-state index in [1.807, 2.05) is 31.2 Å². The molecule has 0 saturated heterocycles.